The average Bonchev–Trinajstić information content (AvgIpc) is 3.17. The van der Waals surface area contributed by atoms with E-state index in [-0.39, 0.29) is 12.5 Å². The molecule has 3 rings (SSSR count). The molecule has 1 atom stereocenters. The molecule has 0 aromatic heterocycles. The molecule has 0 bridgehead atoms. The molecular formula is C21H26N2O2. The number of likely N-dealkylation sites (tertiary alicyclic amines) is 1. The van der Waals surface area contributed by atoms with Crippen LogP contribution in [0, 0.1) is 0 Å². The fraction of sp³-hybridized carbons (Fsp3) is 0.381. The molecule has 1 aliphatic heterocycles. The zero-order chi connectivity index (χ0) is 17.6. The van der Waals surface area contributed by atoms with E-state index < -0.39 is 0 Å². The van der Waals surface area contributed by atoms with Crippen molar-refractivity contribution in [3.05, 3.63) is 54.1 Å². The van der Waals surface area contributed by atoms with Gasteiger partial charge < -0.3 is 10.1 Å². The third kappa shape index (κ3) is 4.27. The van der Waals surface area contributed by atoms with Gasteiger partial charge in [-0.05, 0) is 50.0 Å². The second kappa shape index (κ2) is 8.28. The Hall–Kier alpha value is -2.17. The molecule has 0 saturated carbocycles. The molecule has 1 amide bonds. The first-order valence-electron chi connectivity index (χ1n) is 8.91. The zero-order valence-electron chi connectivity index (χ0n) is 15.0. The van der Waals surface area contributed by atoms with Gasteiger partial charge >= 0.3 is 0 Å². The lowest BCUT2D eigenvalue weighted by atomic mass is 9.99. The van der Waals surface area contributed by atoms with E-state index >= 15 is 0 Å². The van der Waals surface area contributed by atoms with Crippen LogP contribution in [0.5, 0.6) is 0 Å². The van der Waals surface area contributed by atoms with Gasteiger partial charge in [0.2, 0.25) is 5.91 Å². The number of rotatable bonds is 6. The summed E-state index contributed by atoms with van der Waals surface area (Å²) in [7, 11) is 1.52. The van der Waals surface area contributed by atoms with E-state index in [1.54, 1.807) is 0 Å². The second-order valence-corrected chi connectivity index (χ2v) is 6.57. The lowest BCUT2D eigenvalue weighted by Gasteiger charge is -2.24. The summed E-state index contributed by atoms with van der Waals surface area (Å²) >= 11 is 0. The first kappa shape index (κ1) is 17.6. The Morgan fingerprint density at radius 2 is 1.80 bits per heavy atom. The highest BCUT2D eigenvalue weighted by molar-refractivity contribution is 5.96. The van der Waals surface area contributed by atoms with Gasteiger partial charge in [-0.3, -0.25) is 9.69 Å². The van der Waals surface area contributed by atoms with Crippen molar-refractivity contribution in [2.24, 2.45) is 0 Å². The van der Waals surface area contributed by atoms with E-state index in [4.69, 9.17) is 4.74 Å². The minimum atomic E-state index is -0.144. The molecule has 0 aliphatic carbocycles. The number of hydrogen-bond donors (Lipinski definition) is 1. The van der Waals surface area contributed by atoms with E-state index in [0.717, 1.165) is 16.8 Å². The molecule has 0 spiro atoms. The van der Waals surface area contributed by atoms with Crippen molar-refractivity contribution in [1.82, 2.24) is 4.90 Å². The fourth-order valence-corrected chi connectivity index (χ4v) is 3.44. The largest absolute Gasteiger partial charge is 0.375 e. The van der Waals surface area contributed by atoms with Gasteiger partial charge in [-0.1, -0.05) is 42.5 Å². The highest BCUT2D eigenvalue weighted by Gasteiger charge is 2.19. The number of ether oxygens (including phenoxy) is 1. The Morgan fingerprint density at radius 3 is 2.48 bits per heavy atom. The molecule has 132 valence electrons. The molecule has 1 saturated heterocycles. The van der Waals surface area contributed by atoms with E-state index in [0.29, 0.717) is 6.04 Å². The monoisotopic (exact) mass is 338 g/mol. The fourth-order valence-electron chi connectivity index (χ4n) is 3.44. The number of hydrogen-bond acceptors (Lipinski definition) is 3. The quantitative estimate of drug-likeness (QED) is 0.862. The number of methoxy groups -OCH3 is 1. The third-order valence-corrected chi connectivity index (χ3v) is 4.87. The number of nitrogens with one attached hydrogen (secondary N) is 1. The van der Waals surface area contributed by atoms with Crippen molar-refractivity contribution in [3.8, 4) is 11.1 Å². The zero-order valence-corrected chi connectivity index (χ0v) is 15.0. The Morgan fingerprint density at radius 1 is 1.12 bits per heavy atom. The minimum absolute atomic E-state index is 0.0562. The highest BCUT2D eigenvalue weighted by Crippen LogP contribution is 2.30. The summed E-state index contributed by atoms with van der Waals surface area (Å²) in [6, 6.07) is 17.0. The maximum Gasteiger partial charge on any atom is 0.250 e. The van der Waals surface area contributed by atoms with Gasteiger partial charge in [0.1, 0.15) is 6.61 Å². The average molecular weight is 338 g/mol. The molecule has 2 aromatic carbocycles. The van der Waals surface area contributed by atoms with Crippen LogP contribution in [-0.4, -0.2) is 37.6 Å². The van der Waals surface area contributed by atoms with Crippen LogP contribution >= 0.6 is 0 Å². The number of para-hydroxylation sites is 1. The Bertz CT molecular complexity index is 706. The number of anilines is 1. The normalized spacial score (nSPS) is 15.9. The summed E-state index contributed by atoms with van der Waals surface area (Å²) in [4.78, 5) is 14.4. The molecule has 4 nitrogen and oxygen atoms in total. The van der Waals surface area contributed by atoms with Crippen LogP contribution in [0.3, 0.4) is 0 Å². The van der Waals surface area contributed by atoms with Crippen LogP contribution in [0.1, 0.15) is 31.4 Å². The van der Waals surface area contributed by atoms with Crippen LogP contribution in [-0.2, 0) is 9.53 Å². The number of carbonyl (C=O) groups excluding carboxylic acids is 1. The van der Waals surface area contributed by atoms with Gasteiger partial charge in [0.05, 0.1) is 0 Å². The predicted octanol–water partition coefficient (Wildman–Crippen LogP) is 4.10. The van der Waals surface area contributed by atoms with Crippen molar-refractivity contribution in [2.45, 2.75) is 25.8 Å². The minimum Gasteiger partial charge on any atom is -0.375 e. The molecule has 0 radical (unpaired) electrons. The topological polar surface area (TPSA) is 41.6 Å². The van der Waals surface area contributed by atoms with Gasteiger partial charge in [-0.25, -0.2) is 0 Å². The van der Waals surface area contributed by atoms with Crippen LogP contribution in [0.15, 0.2) is 48.5 Å². The van der Waals surface area contributed by atoms with Gasteiger partial charge in [0.25, 0.3) is 0 Å². The second-order valence-electron chi connectivity index (χ2n) is 6.57. The van der Waals surface area contributed by atoms with Crippen LogP contribution in [0.2, 0.25) is 0 Å². The molecule has 4 heteroatoms. The Kier molecular flexibility index (Phi) is 5.84. The number of amides is 1. The molecule has 1 heterocycles. The Labute approximate surface area is 149 Å². The van der Waals surface area contributed by atoms with Crippen LogP contribution < -0.4 is 5.32 Å². The summed E-state index contributed by atoms with van der Waals surface area (Å²) in [5, 5.41) is 2.92. The molecule has 2 aromatic rings. The van der Waals surface area contributed by atoms with E-state index in [1.807, 2.05) is 24.3 Å². The van der Waals surface area contributed by atoms with Crippen molar-refractivity contribution in [2.75, 3.05) is 32.1 Å². The van der Waals surface area contributed by atoms with Gasteiger partial charge in [-0.15, -0.1) is 0 Å². The smallest absolute Gasteiger partial charge is 0.250 e. The van der Waals surface area contributed by atoms with Gasteiger partial charge in [0, 0.05) is 24.4 Å². The van der Waals surface area contributed by atoms with E-state index in [1.165, 1.54) is 38.6 Å². The molecular weight excluding hydrogens is 312 g/mol. The highest BCUT2D eigenvalue weighted by atomic mass is 16.5. The molecule has 1 aliphatic rings. The first-order chi connectivity index (χ1) is 12.2. The lowest BCUT2D eigenvalue weighted by molar-refractivity contribution is -0.119. The third-order valence-electron chi connectivity index (χ3n) is 4.87. The lowest BCUT2D eigenvalue weighted by Crippen LogP contribution is -2.23. The summed E-state index contributed by atoms with van der Waals surface area (Å²) in [5.41, 5.74) is 4.27. The summed E-state index contributed by atoms with van der Waals surface area (Å²) in [6.07, 6.45) is 2.61. The van der Waals surface area contributed by atoms with Crippen LogP contribution in [0.25, 0.3) is 11.1 Å². The summed E-state index contributed by atoms with van der Waals surface area (Å²) < 4.78 is 4.90. The Balaban J connectivity index is 1.79. The number of nitrogens with zero attached hydrogens (tertiary/aromatic N) is 1. The number of carbonyl (C=O) groups is 1. The SMILES string of the molecule is COCC(=O)Nc1ccccc1-c1ccc([C@H](C)N2CCCC2)cc1. The number of benzene rings is 2. The van der Waals surface area contributed by atoms with Crippen molar-refractivity contribution >= 4 is 11.6 Å². The molecule has 0 unspecified atom stereocenters. The van der Waals surface area contributed by atoms with Crippen molar-refractivity contribution in [3.63, 3.8) is 0 Å². The molecule has 25 heavy (non-hydrogen) atoms. The first-order valence-corrected chi connectivity index (χ1v) is 8.91. The molecule has 1 N–H and O–H groups in total. The van der Waals surface area contributed by atoms with Crippen molar-refractivity contribution < 1.29 is 9.53 Å². The van der Waals surface area contributed by atoms with Crippen molar-refractivity contribution in [1.29, 1.82) is 0 Å². The van der Waals surface area contributed by atoms with Gasteiger partial charge in [-0.2, -0.15) is 0 Å². The van der Waals surface area contributed by atoms with Gasteiger partial charge in [0.15, 0.2) is 0 Å². The maximum atomic E-state index is 11.8. The van der Waals surface area contributed by atoms with Crippen LogP contribution in [0.4, 0.5) is 5.69 Å². The molecule has 1 fully saturated rings. The summed E-state index contributed by atoms with van der Waals surface area (Å²) in [5.74, 6) is -0.144. The predicted molar refractivity (Wildman–Crippen MR) is 102 cm³/mol. The maximum absolute atomic E-state index is 11.8. The summed E-state index contributed by atoms with van der Waals surface area (Å²) in [6.45, 7) is 4.72. The van der Waals surface area contributed by atoms with E-state index in [9.17, 15) is 4.79 Å². The van der Waals surface area contributed by atoms with E-state index in [2.05, 4.69) is 41.4 Å². The standard InChI is InChI=1S/C21H26N2O2/c1-16(23-13-5-6-14-23)17-9-11-18(12-10-17)19-7-3-4-8-20(19)22-21(24)15-25-2/h3-4,7-12,16H,5-6,13-15H2,1-2H3,(H,22,24)/t16-/m0/s1.